The fourth-order valence-electron chi connectivity index (χ4n) is 2.43. The number of hydrogen-bond donors (Lipinski definition) is 1. The number of aromatic nitrogens is 1. The zero-order valence-electron chi connectivity index (χ0n) is 11.6. The first-order valence-corrected chi connectivity index (χ1v) is 7.49. The van der Waals surface area contributed by atoms with E-state index in [9.17, 15) is 4.79 Å². The number of rotatable bonds is 3. The molecule has 0 aliphatic carbocycles. The van der Waals surface area contributed by atoms with Crippen LogP contribution in [0, 0.1) is 6.92 Å². The third-order valence-corrected chi connectivity index (χ3v) is 4.37. The maximum Gasteiger partial charge on any atom is 0.253 e. The summed E-state index contributed by atoms with van der Waals surface area (Å²) in [5.41, 5.74) is 3.13. The molecule has 2 heterocycles. The summed E-state index contributed by atoms with van der Waals surface area (Å²) in [6.45, 7) is 3.54. The van der Waals surface area contributed by atoms with Crippen LogP contribution in [-0.4, -0.2) is 29.4 Å². The van der Waals surface area contributed by atoms with Crippen molar-refractivity contribution in [3.8, 4) is 0 Å². The van der Waals surface area contributed by atoms with Crippen LogP contribution in [0.25, 0.3) is 0 Å². The number of thiazole rings is 1. The van der Waals surface area contributed by atoms with Crippen molar-refractivity contribution in [1.29, 1.82) is 0 Å². The molecular formula is C15H17N3OS. The Hall–Kier alpha value is -1.88. The SMILES string of the molecule is Cc1ncc(CN(C)C(=O)c2ccc3c(c2)NCC3)s1. The van der Waals surface area contributed by atoms with Crippen molar-refractivity contribution >= 4 is 22.9 Å². The summed E-state index contributed by atoms with van der Waals surface area (Å²) in [4.78, 5) is 19.5. The maximum absolute atomic E-state index is 12.4. The molecule has 0 atom stereocenters. The Morgan fingerprint density at radius 1 is 1.50 bits per heavy atom. The average molecular weight is 287 g/mol. The molecular weight excluding hydrogens is 270 g/mol. The Labute approximate surface area is 122 Å². The van der Waals surface area contributed by atoms with Gasteiger partial charge in [-0.25, -0.2) is 4.98 Å². The summed E-state index contributed by atoms with van der Waals surface area (Å²) in [7, 11) is 1.83. The lowest BCUT2D eigenvalue weighted by molar-refractivity contribution is 0.0786. The Bertz CT molecular complexity index is 650. The van der Waals surface area contributed by atoms with Gasteiger partial charge in [0.25, 0.3) is 5.91 Å². The van der Waals surface area contributed by atoms with Crippen LogP contribution in [0.4, 0.5) is 5.69 Å². The molecule has 104 valence electrons. The fourth-order valence-corrected chi connectivity index (χ4v) is 3.28. The number of carbonyl (C=O) groups is 1. The first-order chi connectivity index (χ1) is 9.63. The van der Waals surface area contributed by atoms with Crippen LogP contribution in [0.3, 0.4) is 0 Å². The van der Waals surface area contributed by atoms with E-state index < -0.39 is 0 Å². The van der Waals surface area contributed by atoms with Crippen molar-refractivity contribution in [3.63, 3.8) is 0 Å². The molecule has 1 aromatic heterocycles. The topological polar surface area (TPSA) is 45.2 Å². The van der Waals surface area contributed by atoms with Gasteiger partial charge >= 0.3 is 0 Å². The Morgan fingerprint density at radius 3 is 3.10 bits per heavy atom. The van der Waals surface area contributed by atoms with Crippen LogP contribution in [0.1, 0.15) is 25.8 Å². The van der Waals surface area contributed by atoms with Gasteiger partial charge in [-0.1, -0.05) is 6.07 Å². The van der Waals surface area contributed by atoms with Gasteiger partial charge in [0, 0.05) is 35.9 Å². The predicted molar refractivity (Wildman–Crippen MR) is 81.3 cm³/mol. The van der Waals surface area contributed by atoms with E-state index in [-0.39, 0.29) is 5.91 Å². The van der Waals surface area contributed by atoms with Gasteiger partial charge in [-0.15, -0.1) is 11.3 Å². The van der Waals surface area contributed by atoms with Crippen molar-refractivity contribution in [2.24, 2.45) is 0 Å². The minimum absolute atomic E-state index is 0.0487. The molecule has 0 unspecified atom stereocenters. The molecule has 0 spiro atoms. The van der Waals surface area contributed by atoms with E-state index in [1.165, 1.54) is 5.56 Å². The molecule has 20 heavy (non-hydrogen) atoms. The van der Waals surface area contributed by atoms with Crippen molar-refractivity contribution in [2.75, 3.05) is 18.9 Å². The number of carbonyl (C=O) groups excluding carboxylic acids is 1. The third kappa shape index (κ3) is 2.54. The largest absolute Gasteiger partial charge is 0.384 e. The number of fused-ring (bicyclic) bond motifs is 1. The van der Waals surface area contributed by atoms with Gasteiger partial charge in [0.2, 0.25) is 0 Å². The maximum atomic E-state index is 12.4. The number of nitrogens with one attached hydrogen (secondary N) is 1. The van der Waals surface area contributed by atoms with Crippen LogP contribution in [-0.2, 0) is 13.0 Å². The lowest BCUT2D eigenvalue weighted by atomic mass is 10.1. The monoisotopic (exact) mass is 287 g/mol. The molecule has 1 amide bonds. The number of amides is 1. The molecule has 1 N–H and O–H groups in total. The van der Waals surface area contributed by atoms with Gasteiger partial charge in [-0.2, -0.15) is 0 Å². The quantitative estimate of drug-likeness (QED) is 0.944. The van der Waals surface area contributed by atoms with Gasteiger partial charge < -0.3 is 10.2 Å². The van der Waals surface area contributed by atoms with Crippen molar-refractivity contribution < 1.29 is 4.79 Å². The second-order valence-corrected chi connectivity index (χ2v) is 6.37. The highest BCUT2D eigenvalue weighted by atomic mass is 32.1. The number of anilines is 1. The van der Waals surface area contributed by atoms with Crippen molar-refractivity contribution in [2.45, 2.75) is 19.9 Å². The number of nitrogens with zero attached hydrogens (tertiary/aromatic N) is 2. The third-order valence-electron chi connectivity index (χ3n) is 3.48. The van der Waals surface area contributed by atoms with E-state index in [0.29, 0.717) is 6.54 Å². The van der Waals surface area contributed by atoms with Gasteiger partial charge in [-0.05, 0) is 31.0 Å². The highest BCUT2D eigenvalue weighted by Crippen LogP contribution is 2.24. The molecule has 0 fully saturated rings. The average Bonchev–Trinajstić information content (AvgIpc) is 3.05. The molecule has 1 aliphatic rings. The minimum Gasteiger partial charge on any atom is -0.384 e. The molecule has 2 aromatic rings. The van der Waals surface area contributed by atoms with Crippen LogP contribution >= 0.6 is 11.3 Å². The summed E-state index contributed by atoms with van der Waals surface area (Å²) in [6, 6.07) is 5.93. The van der Waals surface area contributed by atoms with E-state index >= 15 is 0 Å². The van der Waals surface area contributed by atoms with E-state index in [1.807, 2.05) is 38.4 Å². The first kappa shape index (κ1) is 13.1. The van der Waals surface area contributed by atoms with Crippen molar-refractivity contribution in [1.82, 2.24) is 9.88 Å². The summed E-state index contributed by atoms with van der Waals surface area (Å²) < 4.78 is 0. The molecule has 0 saturated carbocycles. The van der Waals surface area contributed by atoms with Crippen LogP contribution in [0.2, 0.25) is 0 Å². The predicted octanol–water partition coefficient (Wildman–Crippen LogP) is 2.69. The number of hydrogen-bond acceptors (Lipinski definition) is 4. The lowest BCUT2D eigenvalue weighted by Crippen LogP contribution is -2.25. The second-order valence-electron chi connectivity index (χ2n) is 5.06. The van der Waals surface area contributed by atoms with Gasteiger partial charge in [0.05, 0.1) is 11.6 Å². The normalized spacial score (nSPS) is 12.9. The van der Waals surface area contributed by atoms with E-state index in [4.69, 9.17) is 0 Å². The molecule has 0 radical (unpaired) electrons. The highest BCUT2D eigenvalue weighted by Gasteiger charge is 2.16. The lowest BCUT2D eigenvalue weighted by Gasteiger charge is -2.16. The summed E-state index contributed by atoms with van der Waals surface area (Å²) in [5.74, 6) is 0.0487. The summed E-state index contributed by atoms with van der Waals surface area (Å²) in [6.07, 6.45) is 2.88. The second kappa shape index (κ2) is 5.25. The van der Waals surface area contributed by atoms with E-state index in [0.717, 1.165) is 34.1 Å². The molecule has 1 aromatic carbocycles. The number of benzene rings is 1. The zero-order valence-corrected chi connectivity index (χ0v) is 12.5. The molecule has 0 bridgehead atoms. The van der Waals surface area contributed by atoms with Gasteiger partial charge in [0.1, 0.15) is 0 Å². The minimum atomic E-state index is 0.0487. The Morgan fingerprint density at radius 2 is 2.35 bits per heavy atom. The Balaban J connectivity index is 1.74. The Kier molecular flexibility index (Phi) is 3.44. The van der Waals surface area contributed by atoms with Crippen LogP contribution in [0.15, 0.2) is 24.4 Å². The standard InChI is InChI=1S/C15H17N3OS/c1-10-17-8-13(20-10)9-18(2)15(19)12-4-3-11-5-6-16-14(11)7-12/h3-4,7-8,16H,5-6,9H2,1-2H3. The molecule has 5 heteroatoms. The summed E-state index contributed by atoms with van der Waals surface area (Å²) >= 11 is 1.63. The molecule has 3 rings (SSSR count). The zero-order chi connectivity index (χ0) is 14.1. The first-order valence-electron chi connectivity index (χ1n) is 6.67. The fraction of sp³-hybridized carbons (Fsp3) is 0.333. The highest BCUT2D eigenvalue weighted by molar-refractivity contribution is 7.11. The van der Waals surface area contributed by atoms with Crippen LogP contribution in [0.5, 0.6) is 0 Å². The molecule has 0 saturated heterocycles. The molecule has 1 aliphatic heterocycles. The van der Waals surface area contributed by atoms with Gasteiger partial charge in [-0.3, -0.25) is 4.79 Å². The smallest absolute Gasteiger partial charge is 0.253 e. The number of aryl methyl sites for hydroxylation is 1. The van der Waals surface area contributed by atoms with E-state index in [1.54, 1.807) is 16.2 Å². The van der Waals surface area contributed by atoms with Gasteiger partial charge in [0.15, 0.2) is 0 Å². The molecule has 4 nitrogen and oxygen atoms in total. The van der Waals surface area contributed by atoms with Crippen molar-refractivity contribution in [3.05, 3.63) is 45.4 Å². The van der Waals surface area contributed by atoms with E-state index in [2.05, 4.69) is 10.3 Å². The van der Waals surface area contributed by atoms with Crippen LogP contribution < -0.4 is 5.32 Å². The summed E-state index contributed by atoms with van der Waals surface area (Å²) in [5, 5.41) is 4.34.